The number of aldehydes is 1. The zero-order chi connectivity index (χ0) is 19.0. The van der Waals surface area contributed by atoms with Crippen LogP contribution in [0.25, 0.3) is 0 Å². The third-order valence-corrected chi connectivity index (χ3v) is 3.68. The maximum atomic E-state index is 12.6. The Labute approximate surface area is 146 Å². The first-order valence-corrected chi connectivity index (χ1v) is 8.16. The molecule has 0 spiro atoms. The van der Waals surface area contributed by atoms with E-state index in [9.17, 15) is 24.3 Å². The van der Waals surface area contributed by atoms with E-state index in [0.29, 0.717) is 30.8 Å². The number of aliphatic carboxylic acids is 1. The summed E-state index contributed by atoms with van der Waals surface area (Å²) < 4.78 is 10.2. The van der Waals surface area contributed by atoms with Gasteiger partial charge >= 0.3 is 18.1 Å². The van der Waals surface area contributed by atoms with E-state index < -0.39 is 30.6 Å². The molecule has 1 heterocycles. The minimum absolute atomic E-state index is 0.0443. The lowest BCUT2D eigenvalue weighted by Gasteiger charge is -2.33. The van der Waals surface area contributed by atoms with Gasteiger partial charge in [0.25, 0.3) is 0 Å². The molecule has 1 aliphatic heterocycles. The molecular weight excluding hydrogens is 332 g/mol. The summed E-state index contributed by atoms with van der Waals surface area (Å²) in [6.45, 7) is 6.99. The maximum Gasteiger partial charge on any atom is 0.418 e. The van der Waals surface area contributed by atoms with Crippen LogP contribution in [0.1, 0.15) is 33.6 Å². The van der Waals surface area contributed by atoms with Gasteiger partial charge in [0.05, 0.1) is 19.8 Å². The Morgan fingerprint density at radius 3 is 2.36 bits per heavy atom. The first kappa shape index (κ1) is 20.9. The number of carboxylic acid groups (broad SMARTS) is 1. The molecule has 1 atom stereocenters. The van der Waals surface area contributed by atoms with Gasteiger partial charge < -0.3 is 24.3 Å². The van der Waals surface area contributed by atoms with Crippen LogP contribution >= 0.6 is 0 Å². The first-order chi connectivity index (χ1) is 11.7. The molecule has 3 amide bonds. The molecular formula is C16H26N2O7. The lowest BCUT2D eigenvalue weighted by Crippen LogP contribution is -2.56. The highest BCUT2D eigenvalue weighted by atomic mass is 16.6. The maximum absolute atomic E-state index is 12.6. The molecule has 1 unspecified atom stereocenters. The van der Waals surface area contributed by atoms with Gasteiger partial charge in [-0.1, -0.05) is 20.8 Å². The number of carboxylic acids is 1. The van der Waals surface area contributed by atoms with E-state index in [0.717, 1.165) is 0 Å². The standard InChI is InChI=1S/C16H26N2O7/c1-16(2,3)5-9-25-15(23)18(12(4-8-19)13(20)21)14(22)17-6-10-24-11-7-17/h8,12H,4-7,9-11H2,1-3H3,(H,20,21). The molecule has 0 bridgehead atoms. The largest absolute Gasteiger partial charge is 0.480 e. The van der Waals surface area contributed by atoms with Crippen LogP contribution in [0.5, 0.6) is 0 Å². The molecule has 1 saturated heterocycles. The van der Waals surface area contributed by atoms with Crippen LogP contribution in [0.2, 0.25) is 0 Å². The predicted molar refractivity (Wildman–Crippen MR) is 87.2 cm³/mol. The molecule has 0 aromatic rings. The number of amides is 3. The lowest BCUT2D eigenvalue weighted by molar-refractivity contribution is -0.143. The van der Waals surface area contributed by atoms with E-state index in [1.54, 1.807) is 0 Å². The van der Waals surface area contributed by atoms with Gasteiger partial charge in [-0.2, -0.15) is 0 Å². The number of carbonyl (C=O) groups excluding carboxylic acids is 3. The number of imide groups is 1. The number of hydrogen-bond donors (Lipinski definition) is 1. The number of rotatable bonds is 6. The lowest BCUT2D eigenvalue weighted by atomic mass is 9.93. The molecule has 9 heteroatoms. The topological polar surface area (TPSA) is 113 Å². The van der Waals surface area contributed by atoms with Crippen LogP contribution in [0.15, 0.2) is 0 Å². The third kappa shape index (κ3) is 6.69. The van der Waals surface area contributed by atoms with Crippen LogP contribution in [0.4, 0.5) is 9.59 Å². The fraction of sp³-hybridized carbons (Fsp3) is 0.750. The zero-order valence-electron chi connectivity index (χ0n) is 14.9. The Balaban J connectivity index is 2.92. The van der Waals surface area contributed by atoms with E-state index in [4.69, 9.17) is 9.47 Å². The average molecular weight is 358 g/mol. The molecule has 0 saturated carbocycles. The fourth-order valence-electron chi connectivity index (χ4n) is 2.17. The van der Waals surface area contributed by atoms with Crippen LogP contribution in [0, 0.1) is 5.41 Å². The highest BCUT2D eigenvalue weighted by Crippen LogP contribution is 2.19. The van der Waals surface area contributed by atoms with E-state index in [1.807, 2.05) is 20.8 Å². The zero-order valence-corrected chi connectivity index (χ0v) is 14.9. The van der Waals surface area contributed by atoms with Gasteiger partial charge in [-0.3, -0.25) is 0 Å². The number of urea groups is 1. The smallest absolute Gasteiger partial charge is 0.418 e. The van der Waals surface area contributed by atoms with Gasteiger partial charge in [-0.05, 0) is 11.8 Å². The number of carbonyl (C=O) groups is 4. The Morgan fingerprint density at radius 2 is 1.88 bits per heavy atom. The monoisotopic (exact) mass is 358 g/mol. The van der Waals surface area contributed by atoms with Gasteiger partial charge in [-0.25, -0.2) is 19.3 Å². The molecule has 1 fully saturated rings. The summed E-state index contributed by atoms with van der Waals surface area (Å²) in [7, 11) is 0. The summed E-state index contributed by atoms with van der Waals surface area (Å²) in [5, 5.41) is 9.32. The number of ether oxygens (including phenoxy) is 2. The van der Waals surface area contributed by atoms with Crippen LogP contribution < -0.4 is 0 Å². The van der Waals surface area contributed by atoms with Gasteiger partial charge in [-0.15, -0.1) is 0 Å². The second kappa shape index (κ2) is 9.36. The highest BCUT2D eigenvalue weighted by Gasteiger charge is 2.38. The Morgan fingerprint density at radius 1 is 1.28 bits per heavy atom. The summed E-state index contributed by atoms with van der Waals surface area (Å²) in [6.07, 6.45) is -0.653. The fourth-order valence-corrected chi connectivity index (χ4v) is 2.17. The molecule has 0 aliphatic carbocycles. The normalized spacial score (nSPS) is 16.0. The minimum Gasteiger partial charge on any atom is -0.480 e. The second-order valence-corrected chi connectivity index (χ2v) is 6.93. The Kier molecular flexibility index (Phi) is 7.82. The van der Waals surface area contributed by atoms with Crippen LogP contribution in [-0.2, 0) is 19.1 Å². The van der Waals surface area contributed by atoms with Crippen LogP contribution in [0.3, 0.4) is 0 Å². The van der Waals surface area contributed by atoms with E-state index >= 15 is 0 Å². The van der Waals surface area contributed by atoms with Gasteiger partial charge in [0.2, 0.25) is 0 Å². The summed E-state index contributed by atoms with van der Waals surface area (Å²) in [6, 6.07) is -2.40. The quantitative estimate of drug-likeness (QED) is 0.713. The van der Waals surface area contributed by atoms with Gasteiger partial charge in [0.15, 0.2) is 0 Å². The van der Waals surface area contributed by atoms with E-state index in [-0.39, 0.29) is 25.1 Å². The minimum atomic E-state index is -1.60. The summed E-state index contributed by atoms with van der Waals surface area (Å²) in [5.41, 5.74) is -0.0890. The van der Waals surface area contributed by atoms with Gasteiger partial charge in [0.1, 0.15) is 12.3 Å². The van der Waals surface area contributed by atoms with Crippen molar-refractivity contribution in [2.45, 2.75) is 39.7 Å². The Hall–Kier alpha value is -2.16. The van der Waals surface area contributed by atoms with Crippen molar-refractivity contribution in [3.05, 3.63) is 0 Å². The van der Waals surface area contributed by atoms with Crippen molar-refractivity contribution in [3.63, 3.8) is 0 Å². The van der Waals surface area contributed by atoms with E-state index in [1.165, 1.54) is 4.90 Å². The predicted octanol–water partition coefficient (Wildman–Crippen LogP) is 1.36. The van der Waals surface area contributed by atoms with E-state index in [2.05, 4.69) is 0 Å². The Bertz CT molecular complexity index is 495. The van der Waals surface area contributed by atoms with Crippen molar-refractivity contribution in [3.8, 4) is 0 Å². The number of nitrogens with zero attached hydrogens (tertiary/aromatic N) is 2. The molecule has 1 N–H and O–H groups in total. The number of hydrogen-bond acceptors (Lipinski definition) is 6. The molecule has 142 valence electrons. The SMILES string of the molecule is CC(C)(C)CCOC(=O)N(C(=O)N1CCOCC1)C(CC=O)C(=O)O. The number of morpholine rings is 1. The molecule has 1 aliphatic rings. The van der Waals surface area contributed by atoms with Crippen molar-refractivity contribution < 1.29 is 33.8 Å². The second-order valence-electron chi connectivity index (χ2n) is 6.93. The van der Waals surface area contributed by atoms with Crippen molar-refractivity contribution in [1.29, 1.82) is 0 Å². The molecule has 0 aromatic carbocycles. The van der Waals surface area contributed by atoms with Crippen LogP contribution in [-0.4, -0.2) is 78.2 Å². The third-order valence-electron chi connectivity index (χ3n) is 3.68. The summed E-state index contributed by atoms with van der Waals surface area (Å²) in [5.74, 6) is -1.44. The molecule has 9 nitrogen and oxygen atoms in total. The van der Waals surface area contributed by atoms with Crippen molar-refractivity contribution >= 4 is 24.4 Å². The first-order valence-electron chi connectivity index (χ1n) is 8.16. The molecule has 0 aromatic heterocycles. The molecule has 1 rings (SSSR count). The molecule has 25 heavy (non-hydrogen) atoms. The summed E-state index contributed by atoms with van der Waals surface area (Å²) in [4.78, 5) is 49.1. The average Bonchev–Trinajstić information content (AvgIpc) is 2.53. The molecule has 0 radical (unpaired) electrons. The van der Waals surface area contributed by atoms with Crippen molar-refractivity contribution in [2.75, 3.05) is 32.9 Å². The summed E-state index contributed by atoms with van der Waals surface area (Å²) >= 11 is 0. The van der Waals surface area contributed by atoms with Crippen molar-refractivity contribution in [2.24, 2.45) is 5.41 Å². The van der Waals surface area contributed by atoms with Gasteiger partial charge in [0, 0.05) is 19.5 Å². The van der Waals surface area contributed by atoms with Crippen molar-refractivity contribution in [1.82, 2.24) is 9.80 Å². The highest BCUT2D eigenvalue weighted by molar-refractivity contribution is 5.96.